The zero-order valence-electron chi connectivity index (χ0n) is 13.6. The summed E-state index contributed by atoms with van der Waals surface area (Å²) >= 11 is 1.71. The average Bonchev–Trinajstić information content (AvgIpc) is 2.52. The molecule has 1 aliphatic rings. The first-order valence-corrected chi connectivity index (χ1v) is 8.96. The zero-order chi connectivity index (χ0) is 16.2. The molecule has 5 heteroatoms. The minimum atomic E-state index is -0.957. The molecule has 0 aromatic heterocycles. The predicted octanol–water partition coefficient (Wildman–Crippen LogP) is 2.65. The number of nitrogens with one attached hydrogen (secondary N) is 2. The molecule has 4 nitrogen and oxygen atoms in total. The summed E-state index contributed by atoms with van der Waals surface area (Å²) in [6, 6.07) is 7.73. The Morgan fingerprint density at radius 1 is 1.36 bits per heavy atom. The van der Waals surface area contributed by atoms with E-state index in [9.17, 15) is 9.90 Å². The fourth-order valence-electron chi connectivity index (χ4n) is 2.74. The first-order valence-electron chi connectivity index (χ1n) is 7.74. The largest absolute Gasteiger partial charge is 0.383 e. The van der Waals surface area contributed by atoms with E-state index >= 15 is 0 Å². The molecule has 3 N–H and O–H groups in total. The zero-order valence-corrected chi connectivity index (χ0v) is 14.4. The van der Waals surface area contributed by atoms with Gasteiger partial charge in [-0.2, -0.15) is 11.8 Å². The number of aryl methyl sites for hydroxylation is 1. The van der Waals surface area contributed by atoms with E-state index in [0.29, 0.717) is 13.0 Å². The number of thioether (sulfide) groups is 1. The van der Waals surface area contributed by atoms with Gasteiger partial charge in [0, 0.05) is 11.3 Å². The first kappa shape index (κ1) is 17.2. The maximum absolute atomic E-state index is 12.0. The van der Waals surface area contributed by atoms with Crippen molar-refractivity contribution in [2.75, 3.05) is 19.3 Å². The highest BCUT2D eigenvalue weighted by Crippen LogP contribution is 2.34. The lowest BCUT2D eigenvalue weighted by Gasteiger charge is -2.34. The number of fused-ring (bicyclic) bond motifs is 1. The predicted molar refractivity (Wildman–Crippen MR) is 92.3 cm³/mol. The van der Waals surface area contributed by atoms with Gasteiger partial charge in [0.1, 0.15) is 5.60 Å². The Morgan fingerprint density at radius 3 is 2.82 bits per heavy atom. The molecule has 122 valence electrons. The van der Waals surface area contributed by atoms with Crippen molar-refractivity contribution in [3.05, 3.63) is 35.4 Å². The fourth-order valence-corrected chi connectivity index (χ4v) is 2.95. The van der Waals surface area contributed by atoms with E-state index in [0.717, 1.165) is 18.4 Å². The van der Waals surface area contributed by atoms with Crippen LogP contribution in [0.4, 0.5) is 4.79 Å². The van der Waals surface area contributed by atoms with Crippen LogP contribution in [-0.4, -0.2) is 35.2 Å². The van der Waals surface area contributed by atoms with Gasteiger partial charge >= 0.3 is 6.03 Å². The third kappa shape index (κ3) is 4.17. The molecule has 0 saturated heterocycles. The van der Waals surface area contributed by atoms with Crippen molar-refractivity contribution in [2.45, 2.75) is 43.5 Å². The van der Waals surface area contributed by atoms with Crippen molar-refractivity contribution in [1.29, 1.82) is 0 Å². The number of urea groups is 1. The third-order valence-corrected chi connectivity index (χ3v) is 5.57. The molecule has 1 atom stereocenters. The Balaban J connectivity index is 1.93. The quantitative estimate of drug-likeness (QED) is 0.781. The molecule has 0 radical (unpaired) electrons. The van der Waals surface area contributed by atoms with Gasteiger partial charge in [0.2, 0.25) is 0 Å². The van der Waals surface area contributed by atoms with Gasteiger partial charge in [-0.3, -0.25) is 0 Å². The van der Waals surface area contributed by atoms with Crippen LogP contribution in [0.25, 0.3) is 0 Å². The van der Waals surface area contributed by atoms with Gasteiger partial charge in [0.05, 0.1) is 6.54 Å². The summed E-state index contributed by atoms with van der Waals surface area (Å²) in [6.45, 7) is 5.01. The molecule has 0 aliphatic heterocycles. The summed E-state index contributed by atoms with van der Waals surface area (Å²) in [5.74, 6) is 0. The molecule has 0 spiro atoms. The lowest BCUT2D eigenvalue weighted by Crippen LogP contribution is -2.48. The van der Waals surface area contributed by atoms with Crippen LogP contribution >= 0.6 is 11.8 Å². The van der Waals surface area contributed by atoms with Crippen molar-refractivity contribution in [3.63, 3.8) is 0 Å². The number of aliphatic hydroxyl groups is 1. The van der Waals surface area contributed by atoms with Crippen LogP contribution in [0.5, 0.6) is 0 Å². The van der Waals surface area contributed by atoms with E-state index in [1.54, 1.807) is 11.8 Å². The number of rotatable bonds is 5. The highest BCUT2D eigenvalue weighted by molar-refractivity contribution is 7.99. The molecule has 1 aromatic rings. The molecular weight excluding hydrogens is 296 g/mol. The molecule has 0 saturated carbocycles. The first-order chi connectivity index (χ1) is 10.4. The molecule has 1 unspecified atom stereocenters. The minimum Gasteiger partial charge on any atom is -0.383 e. The fraction of sp³-hybridized carbons (Fsp3) is 0.588. The molecule has 0 bridgehead atoms. The van der Waals surface area contributed by atoms with Gasteiger partial charge in [-0.05, 0) is 50.5 Å². The molecular formula is C17H26N2O2S. The Kier molecular flexibility index (Phi) is 5.40. The molecule has 2 amide bonds. The van der Waals surface area contributed by atoms with Crippen LogP contribution in [0.1, 0.15) is 37.8 Å². The molecule has 0 fully saturated rings. The summed E-state index contributed by atoms with van der Waals surface area (Å²) in [4.78, 5) is 12.0. The number of hydrogen-bond donors (Lipinski definition) is 3. The number of carbonyl (C=O) groups excluding carboxylic acids is 1. The summed E-state index contributed by atoms with van der Waals surface area (Å²) in [5.41, 5.74) is 1.18. The van der Waals surface area contributed by atoms with E-state index in [1.807, 2.05) is 24.5 Å². The van der Waals surface area contributed by atoms with Crippen LogP contribution in [-0.2, 0) is 12.0 Å². The standard InChI is InChI=1S/C17H26N2O2S/c1-16(2,22-3)11-18-15(20)19-12-17(21)10-6-8-13-7-4-5-9-14(13)17/h4-5,7,9,21H,6,8,10-12H2,1-3H3,(H2,18,19,20). The third-order valence-electron chi connectivity index (χ3n) is 4.32. The van der Waals surface area contributed by atoms with E-state index in [4.69, 9.17) is 0 Å². The number of amides is 2. The lowest BCUT2D eigenvalue weighted by molar-refractivity contribution is 0.0217. The van der Waals surface area contributed by atoms with E-state index in [1.165, 1.54) is 5.56 Å². The van der Waals surface area contributed by atoms with Crippen LogP contribution in [0.2, 0.25) is 0 Å². The molecule has 1 aromatic carbocycles. The smallest absolute Gasteiger partial charge is 0.314 e. The highest BCUT2D eigenvalue weighted by Gasteiger charge is 2.34. The van der Waals surface area contributed by atoms with E-state index in [-0.39, 0.29) is 17.3 Å². The van der Waals surface area contributed by atoms with E-state index < -0.39 is 5.60 Å². The summed E-state index contributed by atoms with van der Waals surface area (Å²) in [7, 11) is 0. The maximum Gasteiger partial charge on any atom is 0.314 e. The summed E-state index contributed by atoms with van der Waals surface area (Å²) in [5, 5.41) is 16.6. The molecule has 2 rings (SSSR count). The number of hydrogen-bond acceptors (Lipinski definition) is 3. The normalized spacial score (nSPS) is 21.1. The van der Waals surface area contributed by atoms with Crippen molar-refractivity contribution in [1.82, 2.24) is 10.6 Å². The Morgan fingerprint density at radius 2 is 2.09 bits per heavy atom. The van der Waals surface area contributed by atoms with Gasteiger partial charge < -0.3 is 15.7 Å². The van der Waals surface area contributed by atoms with Gasteiger partial charge in [0.15, 0.2) is 0 Å². The van der Waals surface area contributed by atoms with Gasteiger partial charge in [-0.15, -0.1) is 0 Å². The van der Waals surface area contributed by atoms with Crippen LogP contribution in [0.3, 0.4) is 0 Å². The topological polar surface area (TPSA) is 61.4 Å². The summed E-state index contributed by atoms with van der Waals surface area (Å²) < 4.78 is 0.00563. The Labute approximate surface area is 137 Å². The average molecular weight is 322 g/mol. The summed E-state index contributed by atoms with van der Waals surface area (Å²) in [6.07, 6.45) is 4.64. The second kappa shape index (κ2) is 6.92. The van der Waals surface area contributed by atoms with Gasteiger partial charge in [0.25, 0.3) is 0 Å². The van der Waals surface area contributed by atoms with E-state index in [2.05, 4.69) is 30.5 Å². The second-order valence-electron chi connectivity index (χ2n) is 6.54. The second-order valence-corrected chi connectivity index (χ2v) is 8.06. The van der Waals surface area contributed by atoms with Crippen LogP contribution < -0.4 is 10.6 Å². The Bertz CT molecular complexity index is 533. The monoisotopic (exact) mass is 322 g/mol. The molecule has 0 heterocycles. The van der Waals surface area contributed by atoms with Crippen molar-refractivity contribution in [2.24, 2.45) is 0 Å². The van der Waals surface area contributed by atoms with Crippen molar-refractivity contribution in [3.8, 4) is 0 Å². The number of carbonyl (C=O) groups is 1. The van der Waals surface area contributed by atoms with Gasteiger partial charge in [-0.25, -0.2) is 4.79 Å². The van der Waals surface area contributed by atoms with Crippen molar-refractivity contribution < 1.29 is 9.90 Å². The van der Waals surface area contributed by atoms with Crippen LogP contribution in [0, 0.1) is 0 Å². The van der Waals surface area contributed by atoms with Crippen molar-refractivity contribution >= 4 is 17.8 Å². The highest BCUT2D eigenvalue weighted by atomic mass is 32.2. The molecule has 1 aliphatic carbocycles. The lowest BCUT2D eigenvalue weighted by atomic mass is 9.79. The minimum absolute atomic E-state index is 0.00563. The molecule has 22 heavy (non-hydrogen) atoms. The SMILES string of the molecule is CSC(C)(C)CNC(=O)NCC1(O)CCCc2ccccc21. The maximum atomic E-state index is 12.0. The van der Waals surface area contributed by atoms with Crippen LogP contribution in [0.15, 0.2) is 24.3 Å². The van der Waals surface area contributed by atoms with Gasteiger partial charge in [-0.1, -0.05) is 24.3 Å². The Hall–Kier alpha value is -1.20. The number of benzene rings is 1.